The van der Waals surface area contributed by atoms with Crippen molar-refractivity contribution >= 4 is 40.8 Å². The lowest BCUT2D eigenvalue weighted by atomic mass is 9.82. The Bertz CT molecular complexity index is 1260. The number of fused-ring (bicyclic) bond motifs is 1. The fraction of sp³-hybridized carbons (Fsp3) is 0.250. The third kappa shape index (κ3) is 4.22. The fourth-order valence-corrected chi connectivity index (χ4v) is 4.50. The normalized spacial score (nSPS) is 19.5. The summed E-state index contributed by atoms with van der Waals surface area (Å²) < 4.78 is 0. The molecule has 0 bridgehead atoms. The van der Waals surface area contributed by atoms with Crippen LogP contribution in [0.4, 0.5) is 5.69 Å². The topological polar surface area (TPSA) is 118 Å². The van der Waals surface area contributed by atoms with E-state index in [0.29, 0.717) is 12.8 Å². The molecule has 1 saturated heterocycles. The standard InChI is InChI=1S/C24H20ClN3O6/c1-14-9-10-17-19(11-14)24(32)27(23(17)31)26(22(30)18-7-2-3-8-20(18)25)13-21(29)15-5-4-6-16(12-15)28(33)34/h2-9,12,17,19H,10-11,13H2,1H3/t17-,19+/m0/s1. The molecule has 1 aliphatic heterocycles. The lowest BCUT2D eigenvalue weighted by Gasteiger charge is -2.30. The Hall–Kier alpha value is -3.85. The van der Waals surface area contributed by atoms with E-state index in [1.54, 1.807) is 12.1 Å². The molecule has 2 aliphatic rings. The van der Waals surface area contributed by atoms with Crippen LogP contribution in [0.15, 0.2) is 60.2 Å². The van der Waals surface area contributed by atoms with Crippen LogP contribution < -0.4 is 0 Å². The molecule has 3 amide bonds. The first-order chi connectivity index (χ1) is 16.2. The van der Waals surface area contributed by atoms with Gasteiger partial charge in [-0.15, -0.1) is 0 Å². The first kappa shape index (κ1) is 23.3. The highest BCUT2D eigenvalue weighted by Gasteiger charge is 2.51. The maximum atomic E-state index is 13.5. The van der Waals surface area contributed by atoms with Gasteiger partial charge in [-0.3, -0.25) is 29.3 Å². The number of nitro groups is 1. The van der Waals surface area contributed by atoms with Gasteiger partial charge in [0.25, 0.3) is 23.4 Å². The van der Waals surface area contributed by atoms with Crippen LogP contribution in [-0.2, 0) is 9.59 Å². The van der Waals surface area contributed by atoms with Crippen LogP contribution in [0.3, 0.4) is 0 Å². The van der Waals surface area contributed by atoms with Crippen molar-refractivity contribution in [1.82, 2.24) is 10.0 Å². The average Bonchev–Trinajstić information content (AvgIpc) is 3.06. The summed E-state index contributed by atoms with van der Waals surface area (Å²) in [6.45, 7) is 1.20. The van der Waals surface area contributed by atoms with Gasteiger partial charge in [0.1, 0.15) is 6.54 Å². The average molecular weight is 482 g/mol. The molecule has 2 aromatic rings. The number of allylic oxidation sites excluding steroid dienone is 2. The number of carbonyl (C=O) groups excluding carboxylic acids is 4. The summed E-state index contributed by atoms with van der Waals surface area (Å²) in [7, 11) is 0. The molecule has 0 radical (unpaired) electrons. The van der Waals surface area contributed by atoms with Gasteiger partial charge in [-0.05, 0) is 31.9 Å². The largest absolute Gasteiger partial charge is 0.292 e. The molecule has 0 unspecified atom stereocenters. The van der Waals surface area contributed by atoms with E-state index in [-0.39, 0.29) is 21.8 Å². The molecule has 1 heterocycles. The second-order valence-corrected chi connectivity index (χ2v) is 8.67. The predicted octanol–water partition coefficient (Wildman–Crippen LogP) is 3.83. The Morgan fingerprint density at radius 2 is 1.82 bits per heavy atom. The summed E-state index contributed by atoms with van der Waals surface area (Å²) in [5.74, 6) is -3.83. The minimum absolute atomic E-state index is 0.0146. The third-order valence-corrected chi connectivity index (χ3v) is 6.38. The Morgan fingerprint density at radius 1 is 1.12 bits per heavy atom. The number of ketones is 1. The summed E-state index contributed by atoms with van der Waals surface area (Å²) in [6.07, 6.45) is 2.65. The van der Waals surface area contributed by atoms with E-state index in [1.807, 2.05) is 13.0 Å². The molecular weight excluding hydrogens is 462 g/mol. The smallest absolute Gasteiger partial charge is 0.274 e. The summed E-state index contributed by atoms with van der Waals surface area (Å²) in [5, 5.41) is 12.8. The number of imide groups is 1. The summed E-state index contributed by atoms with van der Waals surface area (Å²) in [4.78, 5) is 63.5. The quantitative estimate of drug-likeness (QED) is 0.203. The van der Waals surface area contributed by atoms with Crippen molar-refractivity contribution in [2.75, 3.05) is 6.54 Å². The second-order valence-electron chi connectivity index (χ2n) is 8.26. The number of non-ortho nitro benzene ring substituents is 1. The minimum atomic E-state index is -0.797. The monoisotopic (exact) mass is 481 g/mol. The molecule has 0 saturated carbocycles. The van der Waals surface area contributed by atoms with Gasteiger partial charge in [-0.1, -0.05) is 47.5 Å². The molecule has 2 atom stereocenters. The zero-order valence-corrected chi connectivity index (χ0v) is 18.9. The number of nitrogens with zero attached hydrogens (tertiary/aromatic N) is 3. The number of nitro benzene ring substituents is 1. The molecule has 2 aromatic carbocycles. The number of hydrogen-bond acceptors (Lipinski definition) is 6. The summed E-state index contributed by atoms with van der Waals surface area (Å²) in [6, 6.07) is 11.1. The SMILES string of the molecule is CC1=CC[C@@H]2C(=O)N(N(CC(=O)c3cccc([N+](=O)[O-])c3)C(=O)c3ccccc3Cl)C(=O)[C@@H]2C1. The van der Waals surface area contributed by atoms with Crippen molar-refractivity contribution in [3.63, 3.8) is 0 Å². The van der Waals surface area contributed by atoms with Crippen molar-refractivity contribution in [3.8, 4) is 0 Å². The van der Waals surface area contributed by atoms with Crippen LogP contribution in [0.1, 0.15) is 40.5 Å². The molecule has 0 spiro atoms. The van der Waals surface area contributed by atoms with E-state index >= 15 is 0 Å². The first-order valence-corrected chi connectivity index (χ1v) is 10.9. The van der Waals surface area contributed by atoms with E-state index in [2.05, 4.69) is 0 Å². The van der Waals surface area contributed by atoms with Gasteiger partial charge >= 0.3 is 0 Å². The number of hydrogen-bond donors (Lipinski definition) is 0. The molecule has 0 N–H and O–H groups in total. The van der Waals surface area contributed by atoms with Crippen molar-refractivity contribution in [1.29, 1.82) is 0 Å². The Morgan fingerprint density at radius 3 is 2.53 bits per heavy atom. The van der Waals surface area contributed by atoms with Crippen molar-refractivity contribution in [2.45, 2.75) is 19.8 Å². The molecule has 0 aromatic heterocycles. The van der Waals surface area contributed by atoms with Gasteiger partial charge < -0.3 is 0 Å². The van der Waals surface area contributed by atoms with Crippen LogP contribution in [-0.4, -0.2) is 45.0 Å². The zero-order chi connectivity index (χ0) is 24.6. The minimum Gasteiger partial charge on any atom is -0.292 e. The van der Waals surface area contributed by atoms with Crippen molar-refractivity contribution in [3.05, 3.63) is 86.4 Å². The van der Waals surface area contributed by atoms with Gasteiger partial charge in [-0.25, -0.2) is 5.01 Å². The Labute approximate surface area is 199 Å². The van der Waals surface area contributed by atoms with Crippen LogP contribution in [0.5, 0.6) is 0 Å². The summed E-state index contributed by atoms with van der Waals surface area (Å²) >= 11 is 6.19. The third-order valence-electron chi connectivity index (χ3n) is 6.05. The van der Waals surface area contributed by atoms with Gasteiger partial charge in [0.15, 0.2) is 5.78 Å². The number of carbonyl (C=O) groups is 4. The highest BCUT2D eigenvalue weighted by Crippen LogP contribution is 2.39. The molecule has 9 nitrogen and oxygen atoms in total. The highest BCUT2D eigenvalue weighted by atomic mass is 35.5. The molecule has 4 rings (SSSR count). The number of halogens is 1. The van der Waals surface area contributed by atoms with Gasteiger partial charge in [0, 0.05) is 17.7 Å². The van der Waals surface area contributed by atoms with E-state index in [9.17, 15) is 29.3 Å². The number of benzene rings is 2. The molecule has 1 aliphatic carbocycles. The van der Waals surface area contributed by atoms with Crippen molar-refractivity contribution < 1.29 is 24.1 Å². The first-order valence-electron chi connectivity index (χ1n) is 10.6. The van der Waals surface area contributed by atoms with Crippen LogP contribution >= 0.6 is 11.6 Å². The van der Waals surface area contributed by atoms with Crippen LogP contribution in [0, 0.1) is 22.0 Å². The van der Waals surface area contributed by atoms with E-state index in [0.717, 1.165) is 21.7 Å². The zero-order valence-electron chi connectivity index (χ0n) is 18.1. The van der Waals surface area contributed by atoms with E-state index < -0.39 is 46.8 Å². The van der Waals surface area contributed by atoms with Crippen LogP contribution in [0.25, 0.3) is 0 Å². The maximum absolute atomic E-state index is 13.5. The molecule has 10 heteroatoms. The molecule has 34 heavy (non-hydrogen) atoms. The Balaban J connectivity index is 1.72. The van der Waals surface area contributed by atoms with Crippen molar-refractivity contribution in [2.24, 2.45) is 11.8 Å². The van der Waals surface area contributed by atoms with E-state index in [1.165, 1.54) is 30.3 Å². The fourth-order valence-electron chi connectivity index (χ4n) is 4.29. The number of Topliss-reactive ketones (excluding diaryl/α,β-unsaturated/α-hetero) is 1. The van der Waals surface area contributed by atoms with Crippen LogP contribution in [0.2, 0.25) is 5.02 Å². The predicted molar refractivity (Wildman–Crippen MR) is 122 cm³/mol. The number of hydrazine groups is 1. The van der Waals surface area contributed by atoms with Gasteiger partial charge in [0.2, 0.25) is 0 Å². The van der Waals surface area contributed by atoms with Gasteiger partial charge in [-0.2, -0.15) is 5.01 Å². The summed E-state index contributed by atoms with van der Waals surface area (Å²) in [5.41, 5.74) is 0.664. The highest BCUT2D eigenvalue weighted by molar-refractivity contribution is 6.34. The maximum Gasteiger partial charge on any atom is 0.274 e. The molecule has 1 fully saturated rings. The number of amides is 3. The molecule has 174 valence electrons. The number of rotatable bonds is 6. The second kappa shape index (κ2) is 9.18. The Kier molecular flexibility index (Phi) is 6.30. The van der Waals surface area contributed by atoms with E-state index in [4.69, 9.17) is 11.6 Å². The lowest BCUT2D eigenvalue weighted by molar-refractivity contribution is -0.384. The lowest BCUT2D eigenvalue weighted by Crippen LogP contribution is -2.52. The molecular formula is C24H20ClN3O6. The van der Waals surface area contributed by atoms with Gasteiger partial charge in [0.05, 0.1) is 27.3 Å².